The van der Waals surface area contributed by atoms with Gasteiger partial charge in [0.05, 0.1) is 0 Å². The molecule has 0 spiro atoms. The van der Waals surface area contributed by atoms with Gasteiger partial charge in [0.2, 0.25) is 5.91 Å². The first-order chi connectivity index (χ1) is 8.74. The summed E-state index contributed by atoms with van der Waals surface area (Å²) in [5.74, 6) is 1.41. The van der Waals surface area contributed by atoms with Crippen LogP contribution in [0, 0.1) is 19.8 Å². The molecule has 0 aliphatic heterocycles. The van der Waals surface area contributed by atoms with Gasteiger partial charge in [0.1, 0.15) is 5.82 Å². The maximum absolute atomic E-state index is 9.22. The van der Waals surface area contributed by atoms with Crippen LogP contribution < -0.4 is 5.73 Å². The minimum atomic E-state index is -0.333. The molecule has 110 valence electrons. The number of hydrogen-bond acceptors (Lipinski definition) is 3. The molecule has 0 aliphatic carbocycles. The SMILES string of the molecule is CC(N)=O.CCC(C)C.CCc1nc(C)ncc1C. The molecule has 0 bridgehead atoms. The van der Waals surface area contributed by atoms with Crippen LogP contribution in [0.5, 0.6) is 0 Å². The molecule has 1 heterocycles. The highest BCUT2D eigenvalue weighted by molar-refractivity contribution is 5.70. The second kappa shape index (κ2) is 11.6. The largest absolute Gasteiger partial charge is 0.370 e. The lowest BCUT2D eigenvalue weighted by Crippen LogP contribution is -2.01. The van der Waals surface area contributed by atoms with Gasteiger partial charge in [-0.15, -0.1) is 0 Å². The molecule has 1 aromatic heterocycles. The molecule has 4 heteroatoms. The van der Waals surface area contributed by atoms with E-state index in [4.69, 9.17) is 0 Å². The lowest BCUT2D eigenvalue weighted by molar-refractivity contribution is -0.115. The minimum Gasteiger partial charge on any atom is -0.370 e. The Balaban J connectivity index is 0. The fourth-order valence-corrected chi connectivity index (χ4v) is 0.935. The van der Waals surface area contributed by atoms with Gasteiger partial charge in [-0.05, 0) is 31.7 Å². The summed E-state index contributed by atoms with van der Waals surface area (Å²) < 4.78 is 0. The molecule has 0 aromatic carbocycles. The Hall–Kier alpha value is -1.45. The number of nitrogens with two attached hydrogens (primary N) is 1. The molecule has 0 radical (unpaired) electrons. The summed E-state index contributed by atoms with van der Waals surface area (Å²) in [5, 5.41) is 0. The van der Waals surface area contributed by atoms with Crippen LogP contribution in [0.15, 0.2) is 6.20 Å². The zero-order valence-electron chi connectivity index (χ0n) is 13.4. The molecule has 1 aromatic rings. The first-order valence-corrected chi connectivity index (χ1v) is 6.79. The standard InChI is InChI=1S/C8H12N2.C5H12.C2H5NO/c1-4-8-6(2)5-9-7(3)10-8;1-4-5(2)3;1-2(3)4/h5H,4H2,1-3H3;5H,4H2,1-3H3;1H3,(H2,3,4). The van der Waals surface area contributed by atoms with Crippen molar-refractivity contribution in [3.8, 4) is 0 Å². The lowest BCUT2D eigenvalue weighted by atomic mass is 10.2. The smallest absolute Gasteiger partial charge is 0.214 e. The summed E-state index contributed by atoms with van der Waals surface area (Å²) in [6.45, 7) is 14.0. The zero-order valence-corrected chi connectivity index (χ0v) is 13.4. The summed E-state index contributed by atoms with van der Waals surface area (Å²) in [5.41, 5.74) is 6.82. The van der Waals surface area contributed by atoms with Crippen LogP contribution in [0.3, 0.4) is 0 Å². The van der Waals surface area contributed by atoms with E-state index in [9.17, 15) is 4.79 Å². The molecule has 2 N–H and O–H groups in total. The number of carbonyl (C=O) groups is 1. The molecular formula is C15H29N3O. The number of hydrogen-bond donors (Lipinski definition) is 1. The van der Waals surface area contributed by atoms with E-state index in [1.54, 1.807) is 0 Å². The fourth-order valence-electron chi connectivity index (χ4n) is 0.935. The predicted octanol–water partition coefficient (Wildman–Crippen LogP) is 3.20. The van der Waals surface area contributed by atoms with Crippen molar-refractivity contribution in [3.63, 3.8) is 0 Å². The maximum atomic E-state index is 9.22. The number of aromatic nitrogens is 2. The predicted molar refractivity (Wildman–Crippen MR) is 80.9 cm³/mol. The average Bonchev–Trinajstić information content (AvgIpc) is 2.32. The lowest BCUT2D eigenvalue weighted by Gasteiger charge is -2.00. The number of carbonyl (C=O) groups excluding carboxylic acids is 1. The number of rotatable bonds is 2. The van der Waals surface area contributed by atoms with Gasteiger partial charge in [-0.1, -0.05) is 34.1 Å². The van der Waals surface area contributed by atoms with E-state index < -0.39 is 0 Å². The molecule has 0 atom stereocenters. The third kappa shape index (κ3) is 14.5. The molecule has 0 aliphatic rings. The van der Waals surface area contributed by atoms with Gasteiger partial charge >= 0.3 is 0 Å². The fraction of sp³-hybridized carbons (Fsp3) is 0.667. The molecule has 0 fully saturated rings. The first-order valence-electron chi connectivity index (χ1n) is 6.79. The Labute approximate surface area is 117 Å². The van der Waals surface area contributed by atoms with Crippen LogP contribution in [0.1, 0.15) is 58.1 Å². The molecule has 4 nitrogen and oxygen atoms in total. The van der Waals surface area contributed by atoms with Crippen molar-refractivity contribution in [1.82, 2.24) is 9.97 Å². The van der Waals surface area contributed by atoms with E-state index in [1.807, 2.05) is 20.0 Å². The Bertz CT molecular complexity index is 358. The van der Waals surface area contributed by atoms with E-state index in [1.165, 1.54) is 18.9 Å². The topological polar surface area (TPSA) is 68.9 Å². The Morgan fingerprint density at radius 2 is 1.74 bits per heavy atom. The van der Waals surface area contributed by atoms with E-state index in [0.29, 0.717) is 0 Å². The van der Waals surface area contributed by atoms with Crippen molar-refractivity contribution in [2.75, 3.05) is 0 Å². The van der Waals surface area contributed by atoms with Gasteiger partial charge in [0.15, 0.2) is 0 Å². The molecular weight excluding hydrogens is 238 g/mol. The van der Waals surface area contributed by atoms with E-state index in [0.717, 1.165) is 23.9 Å². The van der Waals surface area contributed by atoms with Gasteiger partial charge in [-0.25, -0.2) is 9.97 Å². The molecule has 0 saturated carbocycles. The minimum absolute atomic E-state index is 0.333. The highest BCUT2D eigenvalue weighted by Gasteiger charge is 1.96. The Morgan fingerprint density at radius 1 is 1.32 bits per heavy atom. The van der Waals surface area contributed by atoms with Crippen LogP contribution in [0.4, 0.5) is 0 Å². The third-order valence-electron chi connectivity index (χ3n) is 2.35. The second-order valence-corrected chi connectivity index (χ2v) is 4.81. The maximum Gasteiger partial charge on any atom is 0.214 e. The van der Waals surface area contributed by atoms with Crippen molar-refractivity contribution in [2.45, 2.75) is 61.3 Å². The summed E-state index contributed by atoms with van der Waals surface area (Å²) in [4.78, 5) is 17.6. The highest BCUT2D eigenvalue weighted by Crippen LogP contribution is 2.02. The van der Waals surface area contributed by atoms with Gasteiger partial charge in [0.25, 0.3) is 0 Å². The number of primary amides is 1. The van der Waals surface area contributed by atoms with Gasteiger partial charge in [-0.3, -0.25) is 4.79 Å². The van der Waals surface area contributed by atoms with Crippen molar-refractivity contribution >= 4 is 5.91 Å². The van der Waals surface area contributed by atoms with E-state index in [2.05, 4.69) is 43.4 Å². The van der Waals surface area contributed by atoms with Crippen LogP contribution in [-0.2, 0) is 11.2 Å². The van der Waals surface area contributed by atoms with Crippen LogP contribution >= 0.6 is 0 Å². The first kappa shape index (κ1) is 19.9. The third-order valence-corrected chi connectivity index (χ3v) is 2.35. The number of amides is 1. The highest BCUT2D eigenvalue weighted by atomic mass is 16.1. The van der Waals surface area contributed by atoms with Crippen molar-refractivity contribution in [2.24, 2.45) is 11.7 Å². The van der Waals surface area contributed by atoms with Crippen molar-refractivity contribution in [3.05, 3.63) is 23.3 Å². The van der Waals surface area contributed by atoms with Crippen molar-refractivity contribution < 1.29 is 4.79 Å². The van der Waals surface area contributed by atoms with Crippen LogP contribution in [-0.4, -0.2) is 15.9 Å². The molecule has 0 unspecified atom stereocenters. The van der Waals surface area contributed by atoms with Gasteiger partial charge < -0.3 is 5.73 Å². The Morgan fingerprint density at radius 3 is 2.00 bits per heavy atom. The number of nitrogens with zero attached hydrogens (tertiary/aromatic N) is 2. The van der Waals surface area contributed by atoms with Crippen molar-refractivity contribution in [1.29, 1.82) is 0 Å². The summed E-state index contributed by atoms with van der Waals surface area (Å²) in [6, 6.07) is 0. The second-order valence-electron chi connectivity index (χ2n) is 4.81. The van der Waals surface area contributed by atoms with Gasteiger partial charge in [-0.2, -0.15) is 0 Å². The van der Waals surface area contributed by atoms with Crippen LogP contribution in [0.25, 0.3) is 0 Å². The quantitative estimate of drug-likeness (QED) is 0.894. The van der Waals surface area contributed by atoms with Crippen LogP contribution in [0.2, 0.25) is 0 Å². The molecule has 19 heavy (non-hydrogen) atoms. The molecule has 0 saturated heterocycles. The molecule has 1 amide bonds. The number of aryl methyl sites for hydroxylation is 3. The average molecular weight is 267 g/mol. The summed E-state index contributed by atoms with van der Waals surface area (Å²) >= 11 is 0. The summed E-state index contributed by atoms with van der Waals surface area (Å²) in [7, 11) is 0. The van der Waals surface area contributed by atoms with Gasteiger partial charge in [0, 0.05) is 18.8 Å². The summed E-state index contributed by atoms with van der Waals surface area (Å²) in [6.07, 6.45) is 4.18. The van der Waals surface area contributed by atoms with E-state index >= 15 is 0 Å². The molecule has 1 rings (SSSR count). The Kier molecular flexibility index (Phi) is 12.2. The zero-order chi connectivity index (χ0) is 15.4. The normalized spacial score (nSPS) is 9.05. The van der Waals surface area contributed by atoms with E-state index in [-0.39, 0.29) is 5.91 Å². The monoisotopic (exact) mass is 267 g/mol.